The Morgan fingerprint density at radius 3 is 2.45 bits per heavy atom. The van der Waals surface area contributed by atoms with E-state index in [4.69, 9.17) is 11.6 Å². The summed E-state index contributed by atoms with van der Waals surface area (Å²) < 4.78 is 0. The van der Waals surface area contributed by atoms with Gasteiger partial charge in [0, 0.05) is 5.39 Å². The monoisotopic (exact) mass is 304 g/mol. The van der Waals surface area contributed by atoms with Crippen molar-refractivity contribution in [3.63, 3.8) is 0 Å². The standard InChI is InChI=1S/C17H9ClN4/c18-17-14(10-19)16(13-8-4-5-9-15(13)22-17)21-11-20-12-6-2-1-3-7-12/h1-9H. The molecule has 104 valence electrons. The van der Waals surface area contributed by atoms with E-state index >= 15 is 0 Å². The summed E-state index contributed by atoms with van der Waals surface area (Å²) in [5.74, 6) is 0. The highest BCUT2D eigenvalue weighted by Gasteiger charge is 2.12. The topological polar surface area (TPSA) is 61.4 Å². The molecule has 0 unspecified atom stereocenters. The van der Waals surface area contributed by atoms with Gasteiger partial charge in [-0.25, -0.2) is 4.98 Å². The molecule has 0 amide bonds. The molecular weight excluding hydrogens is 296 g/mol. The second-order valence-corrected chi connectivity index (χ2v) is 4.77. The van der Waals surface area contributed by atoms with Gasteiger partial charge >= 0.3 is 0 Å². The fourth-order valence-electron chi connectivity index (χ4n) is 2.02. The third kappa shape index (κ3) is 2.72. The first-order valence-corrected chi connectivity index (χ1v) is 6.87. The highest BCUT2D eigenvalue weighted by molar-refractivity contribution is 6.31. The van der Waals surface area contributed by atoms with Crippen molar-refractivity contribution in [2.75, 3.05) is 0 Å². The normalized spacial score (nSPS) is 9.82. The average molecular weight is 305 g/mol. The van der Waals surface area contributed by atoms with Crippen LogP contribution >= 0.6 is 11.6 Å². The Balaban J connectivity index is 2.17. The minimum Gasteiger partial charge on any atom is -0.235 e. The van der Waals surface area contributed by atoms with Crippen molar-refractivity contribution in [2.45, 2.75) is 0 Å². The molecule has 1 aromatic heterocycles. The number of nitriles is 1. The summed E-state index contributed by atoms with van der Waals surface area (Å²) in [5.41, 5.74) is 2.05. The van der Waals surface area contributed by atoms with E-state index in [0.29, 0.717) is 11.2 Å². The lowest BCUT2D eigenvalue weighted by Crippen LogP contribution is -1.87. The summed E-state index contributed by atoms with van der Waals surface area (Å²) in [4.78, 5) is 12.5. The van der Waals surface area contributed by atoms with Gasteiger partial charge in [0.05, 0.1) is 11.2 Å². The fraction of sp³-hybridized carbons (Fsp3) is 0. The van der Waals surface area contributed by atoms with Gasteiger partial charge in [-0.1, -0.05) is 48.0 Å². The van der Waals surface area contributed by atoms with Crippen molar-refractivity contribution in [3.8, 4) is 6.07 Å². The van der Waals surface area contributed by atoms with E-state index in [1.807, 2.05) is 60.7 Å². The number of rotatable bonds is 2. The molecule has 4 nitrogen and oxygen atoms in total. The van der Waals surface area contributed by atoms with E-state index < -0.39 is 0 Å². The van der Waals surface area contributed by atoms with Crippen LogP contribution in [-0.2, 0) is 0 Å². The minimum atomic E-state index is 0.126. The average Bonchev–Trinajstić information content (AvgIpc) is 2.55. The van der Waals surface area contributed by atoms with Gasteiger partial charge in [-0.05, 0) is 18.2 Å². The molecule has 0 bridgehead atoms. The summed E-state index contributed by atoms with van der Waals surface area (Å²) in [6.45, 7) is 0. The van der Waals surface area contributed by atoms with Crippen LogP contribution in [0.4, 0.5) is 11.4 Å². The van der Waals surface area contributed by atoms with Gasteiger partial charge in [0.2, 0.25) is 0 Å². The number of para-hydroxylation sites is 2. The molecule has 0 radical (unpaired) electrons. The van der Waals surface area contributed by atoms with E-state index in [2.05, 4.69) is 21.0 Å². The maximum atomic E-state index is 9.28. The number of benzene rings is 2. The van der Waals surface area contributed by atoms with Crippen molar-refractivity contribution >= 4 is 39.9 Å². The number of halogens is 1. The van der Waals surface area contributed by atoms with E-state index in [9.17, 15) is 5.26 Å². The van der Waals surface area contributed by atoms with Crippen LogP contribution < -0.4 is 0 Å². The van der Waals surface area contributed by atoms with Crippen LogP contribution in [0.3, 0.4) is 0 Å². The molecule has 0 aliphatic rings. The quantitative estimate of drug-likeness (QED) is 0.499. The molecule has 0 saturated heterocycles. The zero-order valence-corrected chi connectivity index (χ0v) is 12.1. The van der Waals surface area contributed by atoms with Crippen LogP contribution in [0.15, 0.2) is 64.6 Å². The molecule has 0 N–H and O–H groups in total. The van der Waals surface area contributed by atoms with E-state index in [0.717, 1.165) is 11.1 Å². The number of hydrogen-bond acceptors (Lipinski definition) is 4. The molecule has 0 saturated carbocycles. The highest BCUT2D eigenvalue weighted by atomic mass is 35.5. The molecule has 22 heavy (non-hydrogen) atoms. The first kappa shape index (κ1) is 14.0. The number of fused-ring (bicyclic) bond motifs is 1. The summed E-state index contributed by atoms with van der Waals surface area (Å²) >= 11 is 6.05. The van der Waals surface area contributed by atoms with Gasteiger partial charge in [0.25, 0.3) is 0 Å². The van der Waals surface area contributed by atoms with Crippen LogP contribution in [-0.4, -0.2) is 11.0 Å². The highest BCUT2D eigenvalue weighted by Crippen LogP contribution is 2.32. The maximum Gasteiger partial charge on any atom is 0.149 e. The smallest absolute Gasteiger partial charge is 0.149 e. The van der Waals surface area contributed by atoms with Crippen LogP contribution in [0.5, 0.6) is 0 Å². The largest absolute Gasteiger partial charge is 0.235 e. The first-order valence-electron chi connectivity index (χ1n) is 6.49. The van der Waals surface area contributed by atoms with Gasteiger partial charge in [0.15, 0.2) is 0 Å². The minimum absolute atomic E-state index is 0.126. The van der Waals surface area contributed by atoms with Crippen molar-refractivity contribution < 1.29 is 0 Å². The predicted molar refractivity (Wildman–Crippen MR) is 87.1 cm³/mol. The SMILES string of the molecule is N#Cc1c(Cl)nc2ccccc2c1N=C=Nc1ccccc1. The Hall–Kier alpha value is -2.99. The molecular formula is C17H9ClN4. The van der Waals surface area contributed by atoms with Crippen molar-refractivity contribution in [2.24, 2.45) is 9.98 Å². The zero-order valence-electron chi connectivity index (χ0n) is 11.4. The molecule has 3 rings (SSSR count). The number of pyridine rings is 1. The first-order chi connectivity index (χ1) is 10.8. The van der Waals surface area contributed by atoms with Crippen molar-refractivity contribution in [3.05, 3.63) is 65.3 Å². The lowest BCUT2D eigenvalue weighted by Gasteiger charge is -2.03. The number of aromatic nitrogens is 1. The molecule has 2 aromatic carbocycles. The number of aliphatic imine (C=N–C) groups is 2. The Labute approximate surface area is 132 Å². The van der Waals surface area contributed by atoms with Crippen molar-refractivity contribution in [1.29, 1.82) is 5.26 Å². The second-order valence-electron chi connectivity index (χ2n) is 4.41. The third-order valence-corrected chi connectivity index (χ3v) is 3.30. The van der Waals surface area contributed by atoms with Gasteiger partial charge in [0.1, 0.15) is 28.5 Å². The van der Waals surface area contributed by atoms with Gasteiger partial charge in [-0.2, -0.15) is 15.2 Å². The number of nitrogens with zero attached hydrogens (tertiary/aromatic N) is 4. The Morgan fingerprint density at radius 1 is 0.955 bits per heavy atom. The lowest BCUT2D eigenvalue weighted by atomic mass is 10.1. The molecule has 5 heteroatoms. The Bertz CT molecular complexity index is 936. The van der Waals surface area contributed by atoms with Gasteiger partial charge in [-0.15, -0.1) is 0 Å². The molecule has 3 aromatic rings. The van der Waals surface area contributed by atoms with E-state index in [1.165, 1.54) is 0 Å². The maximum absolute atomic E-state index is 9.28. The molecule has 0 spiro atoms. The van der Waals surface area contributed by atoms with Crippen LogP contribution in [0, 0.1) is 11.3 Å². The number of hydrogen-bond donors (Lipinski definition) is 0. The zero-order chi connectivity index (χ0) is 15.4. The lowest BCUT2D eigenvalue weighted by molar-refractivity contribution is 1.35. The molecule has 1 heterocycles. The molecule has 0 aliphatic carbocycles. The molecule has 0 aliphatic heterocycles. The second kappa shape index (κ2) is 6.19. The van der Waals surface area contributed by atoms with E-state index in [-0.39, 0.29) is 10.7 Å². The molecule has 0 fully saturated rings. The van der Waals surface area contributed by atoms with E-state index in [1.54, 1.807) is 0 Å². The van der Waals surface area contributed by atoms with Crippen molar-refractivity contribution in [1.82, 2.24) is 4.98 Å². The summed E-state index contributed by atoms with van der Waals surface area (Å²) in [5, 5.41) is 10.1. The summed E-state index contributed by atoms with van der Waals surface area (Å²) in [6.07, 6.45) is 0. The Kier molecular flexibility index (Phi) is 3.93. The van der Waals surface area contributed by atoms with Gasteiger partial charge in [-0.3, -0.25) is 0 Å². The predicted octanol–water partition coefficient (Wildman–Crippen LogP) is 4.90. The summed E-state index contributed by atoms with van der Waals surface area (Å²) in [6, 6.07) is 21.3. The Morgan fingerprint density at radius 2 is 1.68 bits per heavy atom. The molecule has 0 atom stereocenters. The van der Waals surface area contributed by atoms with Gasteiger partial charge < -0.3 is 0 Å². The van der Waals surface area contributed by atoms with Crippen LogP contribution in [0.1, 0.15) is 5.56 Å². The summed E-state index contributed by atoms with van der Waals surface area (Å²) in [7, 11) is 0. The van der Waals surface area contributed by atoms with Crippen LogP contribution in [0.2, 0.25) is 5.15 Å². The van der Waals surface area contributed by atoms with Crippen LogP contribution in [0.25, 0.3) is 10.9 Å². The third-order valence-electron chi connectivity index (χ3n) is 3.03. The fourth-order valence-corrected chi connectivity index (χ4v) is 2.24.